The van der Waals surface area contributed by atoms with Gasteiger partial charge in [-0.15, -0.1) is 0 Å². The van der Waals surface area contributed by atoms with Crippen molar-refractivity contribution < 1.29 is 38.4 Å². The maximum absolute atomic E-state index is 13.9. The Hall–Kier alpha value is -3.75. The van der Waals surface area contributed by atoms with Crippen molar-refractivity contribution in [1.29, 1.82) is 0 Å². The number of carbonyl (C=O) groups excluding carboxylic acids is 5. The molecule has 2 bridgehead atoms. The smallest absolute Gasteiger partial charge is 0.405 e. The third kappa shape index (κ3) is 12.3. The number of ketones is 3. The van der Waals surface area contributed by atoms with Crippen LogP contribution in [0.15, 0.2) is 48.5 Å². The maximum atomic E-state index is 13.9. The summed E-state index contributed by atoms with van der Waals surface area (Å²) < 4.78 is 13.1. The molecule has 2 unspecified atom stereocenters. The summed E-state index contributed by atoms with van der Waals surface area (Å²) in [6, 6.07) is 13.6. The van der Waals surface area contributed by atoms with E-state index in [1.165, 1.54) is 12.5 Å². The monoisotopic (exact) mass is 871 g/mol. The van der Waals surface area contributed by atoms with E-state index >= 15 is 0 Å². The zero-order valence-electron chi connectivity index (χ0n) is 39.0. The molecule has 346 valence electrons. The Morgan fingerprint density at radius 2 is 1.44 bits per heavy atom. The van der Waals surface area contributed by atoms with Crippen molar-refractivity contribution in [2.24, 2.45) is 40.6 Å². The molecule has 3 aliphatic carbocycles. The van der Waals surface area contributed by atoms with Gasteiger partial charge in [-0.3, -0.25) is 24.0 Å². The normalized spacial score (nSPS) is 23.9. The lowest BCUT2D eigenvalue weighted by molar-refractivity contribution is -0.199. The first-order chi connectivity index (χ1) is 29.9. The van der Waals surface area contributed by atoms with Crippen molar-refractivity contribution in [3.05, 3.63) is 59.7 Å². The summed E-state index contributed by atoms with van der Waals surface area (Å²) in [6.45, 7) is 14.6. The van der Waals surface area contributed by atoms with Gasteiger partial charge in [0.25, 0.3) is 0 Å². The quantitative estimate of drug-likeness (QED) is 0.0382. The first kappa shape index (κ1) is 50.3. The first-order valence-electron chi connectivity index (χ1n) is 23.7. The molecule has 4 fully saturated rings. The summed E-state index contributed by atoms with van der Waals surface area (Å²) in [5.41, 5.74) is 15.2. The molecule has 3 saturated carbocycles. The van der Waals surface area contributed by atoms with Gasteiger partial charge in [0.1, 0.15) is 6.04 Å². The van der Waals surface area contributed by atoms with E-state index in [9.17, 15) is 29.1 Å². The molecule has 2 aromatic carbocycles. The molecule has 7 N–H and O–H groups in total. The minimum atomic E-state index is -1.31. The van der Waals surface area contributed by atoms with Crippen molar-refractivity contribution in [2.75, 3.05) is 13.1 Å². The van der Waals surface area contributed by atoms with E-state index in [1.807, 2.05) is 19.1 Å². The summed E-state index contributed by atoms with van der Waals surface area (Å²) in [5.74, 6) is -2.82. The summed E-state index contributed by atoms with van der Waals surface area (Å²) in [4.78, 5) is 68.5. The van der Waals surface area contributed by atoms with E-state index in [-0.39, 0.29) is 48.2 Å². The van der Waals surface area contributed by atoms with Crippen LogP contribution >= 0.6 is 0 Å². The molecule has 12 nitrogen and oxygen atoms in total. The molecule has 1 saturated heterocycles. The average Bonchev–Trinajstić information content (AvgIpc) is 3.63. The van der Waals surface area contributed by atoms with Gasteiger partial charge in [0.2, 0.25) is 11.8 Å². The van der Waals surface area contributed by atoms with Gasteiger partial charge in [0.05, 0.1) is 23.9 Å². The molecule has 1 heterocycles. The second-order valence-electron chi connectivity index (χ2n) is 19.8. The van der Waals surface area contributed by atoms with Gasteiger partial charge in [-0.05, 0) is 124 Å². The number of Topliss-reactive ketones (excluding diaryl/α,β-unsaturated/α-hetero) is 3. The van der Waals surface area contributed by atoms with Crippen LogP contribution < -0.4 is 22.1 Å². The van der Waals surface area contributed by atoms with Gasteiger partial charge in [-0.2, -0.15) is 0 Å². The Morgan fingerprint density at radius 3 is 2.05 bits per heavy atom. The number of benzene rings is 2. The highest BCUT2D eigenvalue weighted by Gasteiger charge is 2.68. The lowest BCUT2D eigenvalue weighted by Gasteiger charge is -2.64. The van der Waals surface area contributed by atoms with Crippen LogP contribution in [0.1, 0.15) is 141 Å². The van der Waals surface area contributed by atoms with Crippen LogP contribution in [0.25, 0.3) is 11.1 Å². The predicted octanol–water partition coefficient (Wildman–Crippen LogP) is 6.78. The van der Waals surface area contributed by atoms with Crippen LogP contribution in [0.2, 0.25) is 5.82 Å². The van der Waals surface area contributed by atoms with Crippen molar-refractivity contribution in [3.63, 3.8) is 0 Å². The first-order valence-corrected chi connectivity index (χ1v) is 23.7. The molecular formula is C50H75BN4O8. The number of aliphatic hydroxyl groups excluding tert-OH is 1. The molecule has 0 aromatic heterocycles. The average molecular weight is 871 g/mol. The van der Waals surface area contributed by atoms with Gasteiger partial charge < -0.3 is 36.5 Å². The number of nitrogens with one attached hydrogen (secondary N) is 2. The highest BCUT2D eigenvalue weighted by Crippen LogP contribution is 2.66. The fourth-order valence-electron chi connectivity index (χ4n) is 10.2. The molecule has 0 spiro atoms. The van der Waals surface area contributed by atoms with Crippen molar-refractivity contribution in [1.82, 2.24) is 10.6 Å². The van der Waals surface area contributed by atoms with E-state index in [1.54, 1.807) is 19.1 Å². The zero-order chi connectivity index (χ0) is 46.1. The van der Waals surface area contributed by atoms with Crippen molar-refractivity contribution >= 4 is 36.3 Å². The Labute approximate surface area is 376 Å². The van der Waals surface area contributed by atoms with Gasteiger partial charge in [0, 0.05) is 36.7 Å². The van der Waals surface area contributed by atoms with Crippen LogP contribution in [0.3, 0.4) is 0 Å². The SMILES string of the molecule is CCCCc1ccc(-c2ccc(C(=O)C[C@@H](CCCN)C(=O)N[C@H](C(=O)C[C@@H](C)C(=O)N[C@@H](CCCCN)C(=O)C[C@@H](C)B3OC4C[C@@H]5C[C@@H](C5(C)C)[C@]4(C)O3)C(C)O)cc2)cc1. The molecule has 13 heteroatoms. The molecule has 2 aromatic rings. The standard InChI is InChI=1S/C50H75BN4O8/c1-8-9-13-34-16-18-35(19-17-34)36-20-22-37(23-21-36)41(57)28-38(14-12-25-53)48(61)55-46(33(4)56)43(59)26-31(2)47(60)54-40(15-10-11-24-52)42(58)27-32(3)51-62-45-30-39-29-44(49(39,5)6)50(45,7)63-51/h16-23,31-33,38-40,44-46,56H,8-15,24-30,52-53H2,1-7H3,(H,54,60)(H,55,61)/t31-,32-,33?,38-,39+,40+,44+,45?,46+,50+/m1/s1. The van der Waals surface area contributed by atoms with Gasteiger partial charge in [0.15, 0.2) is 17.3 Å². The lowest BCUT2D eigenvalue weighted by atomic mass is 9.43. The molecule has 6 rings (SSSR count). The summed E-state index contributed by atoms with van der Waals surface area (Å²) in [6.07, 6.45) is 6.38. The van der Waals surface area contributed by atoms with E-state index in [0.29, 0.717) is 62.6 Å². The second-order valence-corrected chi connectivity index (χ2v) is 19.8. The molecular weight excluding hydrogens is 795 g/mol. The molecule has 2 amide bonds. The van der Waals surface area contributed by atoms with E-state index < -0.39 is 60.3 Å². The number of nitrogens with two attached hydrogens (primary N) is 2. The summed E-state index contributed by atoms with van der Waals surface area (Å²) >= 11 is 0. The Bertz CT molecular complexity index is 1870. The third-order valence-corrected chi connectivity index (χ3v) is 14.6. The zero-order valence-corrected chi connectivity index (χ0v) is 39.0. The van der Waals surface area contributed by atoms with Gasteiger partial charge in [-0.1, -0.05) is 89.6 Å². The number of carbonyl (C=O) groups is 5. The van der Waals surface area contributed by atoms with Crippen LogP contribution in [0, 0.1) is 29.1 Å². The number of rotatable bonds is 26. The van der Waals surface area contributed by atoms with E-state index in [4.69, 9.17) is 20.8 Å². The Balaban J connectivity index is 1.16. The largest absolute Gasteiger partial charge is 0.461 e. The molecule has 10 atom stereocenters. The second kappa shape index (κ2) is 22.4. The number of hydrogen-bond donors (Lipinski definition) is 5. The Morgan fingerprint density at radius 1 is 0.794 bits per heavy atom. The number of aryl methyl sites for hydroxylation is 1. The van der Waals surface area contributed by atoms with Crippen molar-refractivity contribution in [3.8, 4) is 11.1 Å². The number of amides is 2. The number of aliphatic hydroxyl groups is 1. The van der Waals surface area contributed by atoms with Gasteiger partial charge >= 0.3 is 7.12 Å². The topological polar surface area (TPSA) is 200 Å². The molecule has 0 radical (unpaired) electrons. The minimum Gasteiger partial charge on any atom is -0.405 e. The fourth-order valence-corrected chi connectivity index (χ4v) is 10.2. The van der Waals surface area contributed by atoms with E-state index in [0.717, 1.165) is 43.2 Å². The fraction of sp³-hybridized carbons (Fsp3) is 0.660. The molecule has 4 aliphatic rings. The highest BCUT2D eigenvalue weighted by atomic mass is 16.7. The van der Waals surface area contributed by atoms with Crippen LogP contribution in [0.4, 0.5) is 0 Å². The maximum Gasteiger partial charge on any atom is 0.461 e. The summed E-state index contributed by atoms with van der Waals surface area (Å²) in [5, 5.41) is 16.3. The predicted molar refractivity (Wildman–Crippen MR) is 248 cm³/mol. The van der Waals surface area contributed by atoms with Crippen LogP contribution in [-0.4, -0.2) is 84.4 Å². The van der Waals surface area contributed by atoms with Crippen LogP contribution in [-0.2, 0) is 34.9 Å². The van der Waals surface area contributed by atoms with Crippen molar-refractivity contribution in [2.45, 2.75) is 168 Å². The van der Waals surface area contributed by atoms with Crippen LogP contribution in [0.5, 0.6) is 0 Å². The minimum absolute atomic E-state index is 0.00245. The van der Waals surface area contributed by atoms with Gasteiger partial charge in [-0.25, -0.2) is 0 Å². The number of unbranched alkanes of at least 4 members (excludes halogenated alkanes) is 2. The molecule has 1 aliphatic heterocycles. The third-order valence-electron chi connectivity index (χ3n) is 14.6. The number of hydrogen-bond acceptors (Lipinski definition) is 10. The Kier molecular flexibility index (Phi) is 17.9. The highest BCUT2D eigenvalue weighted by molar-refractivity contribution is 6.47. The summed E-state index contributed by atoms with van der Waals surface area (Å²) in [7, 11) is -0.521. The van der Waals surface area contributed by atoms with E-state index in [2.05, 4.69) is 62.6 Å². The lowest BCUT2D eigenvalue weighted by Crippen LogP contribution is -2.65. The molecule has 63 heavy (non-hydrogen) atoms.